The SMILES string of the molecule is CC(C(=O)N1CCOC(c2ccccc2)C1)C(N)c1ccccc1. The minimum Gasteiger partial charge on any atom is -0.370 e. The Balaban J connectivity index is 1.68. The zero-order chi connectivity index (χ0) is 16.9. The number of nitrogens with two attached hydrogens (primary N) is 1. The maximum Gasteiger partial charge on any atom is 0.227 e. The zero-order valence-electron chi connectivity index (χ0n) is 14.0. The van der Waals surface area contributed by atoms with Crippen LogP contribution in [0, 0.1) is 5.92 Å². The maximum atomic E-state index is 12.9. The fraction of sp³-hybridized carbons (Fsp3) is 0.350. The van der Waals surface area contributed by atoms with Gasteiger partial charge in [0.2, 0.25) is 5.91 Å². The van der Waals surface area contributed by atoms with Gasteiger partial charge in [-0.2, -0.15) is 0 Å². The van der Waals surface area contributed by atoms with Gasteiger partial charge in [0.05, 0.1) is 19.1 Å². The first-order valence-corrected chi connectivity index (χ1v) is 8.42. The smallest absolute Gasteiger partial charge is 0.227 e. The lowest BCUT2D eigenvalue weighted by Crippen LogP contribution is -2.46. The molecule has 0 bridgehead atoms. The van der Waals surface area contributed by atoms with Gasteiger partial charge in [-0.1, -0.05) is 67.6 Å². The van der Waals surface area contributed by atoms with Crippen molar-refractivity contribution >= 4 is 5.91 Å². The molecule has 2 aromatic carbocycles. The Labute approximate surface area is 143 Å². The van der Waals surface area contributed by atoms with Crippen molar-refractivity contribution in [1.29, 1.82) is 0 Å². The summed E-state index contributed by atoms with van der Waals surface area (Å²) in [6.45, 7) is 3.66. The summed E-state index contributed by atoms with van der Waals surface area (Å²) in [6.07, 6.45) is -0.0657. The van der Waals surface area contributed by atoms with Crippen LogP contribution < -0.4 is 5.73 Å². The molecule has 0 saturated carbocycles. The van der Waals surface area contributed by atoms with Crippen molar-refractivity contribution in [2.24, 2.45) is 11.7 Å². The third-order valence-electron chi connectivity index (χ3n) is 4.66. The molecule has 0 aliphatic carbocycles. The van der Waals surface area contributed by atoms with E-state index >= 15 is 0 Å². The van der Waals surface area contributed by atoms with Gasteiger partial charge in [0, 0.05) is 12.6 Å². The van der Waals surface area contributed by atoms with E-state index in [1.54, 1.807) is 0 Å². The van der Waals surface area contributed by atoms with Crippen molar-refractivity contribution in [1.82, 2.24) is 4.90 Å². The van der Waals surface area contributed by atoms with E-state index in [1.807, 2.05) is 72.5 Å². The number of carbonyl (C=O) groups excluding carboxylic acids is 1. The fourth-order valence-electron chi connectivity index (χ4n) is 3.12. The van der Waals surface area contributed by atoms with Crippen LogP contribution in [0.25, 0.3) is 0 Å². The molecule has 1 heterocycles. The molecule has 24 heavy (non-hydrogen) atoms. The van der Waals surface area contributed by atoms with Crippen LogP contribution in [-0.2, 0) is 9.53 Å². The van der Waals surface area contributed by atoms with Gasteiger partial charge in [0.1, 0.15) is 6.10 Å². The molecule has 1 aliphatic heterocycles. The average Bonchev–Trinajstić information content (AvgIpc) is 2.67. The van der Waals surface area contributed by atoms with Gasteiger partial charge in [0.15, 0.2) is 0 Å². The Hall–Kier alpha value is -2.17. The normalized spacial score (nSPS) is 20.4. The van der Waals surface area contributed by atoms with E-state index < -0.39 is 0 Å². The molecule has 0 aromatic heterocycles. The third kappa shape index (κ3) is 3.66. The molecule has 1 fully saturated rings. The number of ether oxygens (including phenoxy) is 1. The Bertz CT molecular complexity index is 660. The summed E-state index contributed by atoms with van der Waals surface area (Å²) in [5.41, 5.74) is 8.41. The maximum absolute atomic E-state index is 12.9. The lowest BCUT2D eigenvalue weighted by atomic mass is 9.93. The molecule has 1 amide bonds. The number of hydrogen-bond donors (Lipinski definition) is 1. The first kappa shape index (κ1) is 16.7. The molecule has 0 spiro atoms. The summed E-state index contributed by atoms with van der Waals surface area (Å²) in [4.78, 5) is 14.8. The van der Waals surface area contributed by atoms with Crippen LogP contribution >= 0.6 is 0 Å². The average molecular weight is 324 g/mol. The number of benzene rings is 2. The Morgan fingerprint density at radius 2 is 1.75 bits per heavy atom. The lowest BCUT2D eigenvalue weighted by Gasteiger charge is -2.35. The van der Waals surface area contributed by atoms with Crippen LogP contribution in [-0.4, -0.2) is 30.5 Å². The molecular weight excluding hydrogens is 300 g/mol. The molecule has 3 rings (SSSR count). The highest BCUT2D eigenvalue weighted by Crippen LogP contribution is 2.26. The van der Waals surface area contributed by atoms with Crippen molar-refractivity contribution in [3.05, 3.63) is 71.8 Å². The summed E-state index contributed by atoms with van der Waals surface area (Å²) in [5.74, 6) is -0.169. The second-order valence-corrected chi connectivity index (χ2v) is 6.28. The number of rotatable bonds is 4. The topological polar surface area (TPSA) is 55.6 Å². The summed E-state index contributed by atoms with van der Waals surface area (Å²) in [6, 6.07) is 19.6. The van der Waals surface area contributed by atoms with E-state index in [-0.39, 0.29) is 24.0 Å². The summed E-state index contributed by atoms with van der Waals surface area (Å²) in [7, 11) is 0. The largest absolute Gasteiger partial charge is 0.370 e. The Kier molecular flexibility index (Phi) is 5.28. The standard InChI is InChI=1S/C20H24N2O2/c1-15(19(21)17-10-6-3-7-11-17)20(23)22-12-13-24-18(14-22)16-8-4-2-5-9-16/h2-11,15,18-19H,12-14,21H2,1H3. The summed E-state index contributed by atoms with van der Waals surface area (Å²) in [5, 5.41) is 0. The van der Waals surface area contributed by atoms with Gasteiger partial charge in [-0.05, 0) is 11.1 Å². The van der Waals surface area contributed by atoms with Crippen molar-refractivity contribution in [3.8, 4) is 0 Å². The number of amides is 1. The van der Waals surface area contributed by atoms with Crippen LogP contribution in [0.5, 0.6) is 0 Å². The first-order chi connectivity index (χ1) is 11.7. The molecule has 4 nitrogen and oxygen atoms in total. The number of nitrogens with zero attached hydrogens (tertiary/aromatic N) is 1. The minimum atomic E-state index is -0.295. The third-order valence-corrected chi connectivity index (χ3v) is 4.66. The fourth-order valence-corrected chi connectivity index (χ4v) is 3.12. The predicted molar refractivity (Wildman–Crippen MR) is 94.2 cm³/mol. The van der Waals surface area contributed by atoms with Crippen molar-refractivity contribution in [3.63, 3.8) is 0 Å². The van der Waals surface area contributed by atoms with Gasteiger partial charge in [-0.25, -0.2) is 0 Å². The molecule has 1 saturated heterocycles. The quantitative estimate of drug-likeness (QED) is 0.941. The number of hydrogen-bond acceptors (Lipinski definition) is 3. The summed E-state index contributed by atoms with van der Waals surface area (Å²) < 4.78 is 5.84. The predicted octanol–water partition coefficient (Wildman–Crippen LogP) is 2.92. The molecular formula is C20H24N2O2. The van der Waals surface area contributed by atoms with Gasteiger partial charge in [0.25, 0.3) is 0 Å². The minimum absolute atomic E-state index is 0.0657. The van der Waals surface area contributed by atoms with Crippen molar-refractivity contribution < 1.29 is 9.53 Å². The van der Waals surface area contributed by atoms with Crippen LogP contribution in [0.1, 0.15) is 30.2 Å². The molecule has 126 valence electrons. The Morgan fingerprint density at radius 1 is 1.12 bits per heavy atom. The Morgan fingerprint density at radius 3 is 2.42 bits per heavy atom. The molecule has 4 heteroatoms. The van der Waals surface area contributed by atoms with E-state index in [4.69, 9.17) is 10.5 Å². The molecule has 1 aliphatic rings. The van der Waals surface area contributed by atoms with E-state index in [2.05, 4.69) is 0 Å². The van der Waals surface area contributed by atoms with E-state index in [0.29, 0.717) is 19.7 Å². The molecule has 3 atom stereocenters. The lowest BCUT2D eigenvalue weighted by molar-refractivity contribution is -0.143. The van der Waals surface area contributed by atoms with Crippen LogP contribution in [0.2, 0.25) is 0 Å². The van der Waals surface area contributed by atoms with Gasteiger partial charge < -0.3 is 15.4 Å². The number of morpholine rings is 1. The second-order valence-electron chi connectivity index (χ2n) is 6.28. The van der Waals surface area contributed by atoms with Crippen molar-refractivity contribution in [2.45, 2.75) is 19.1 Å². The first-order valence-electron chi connectivity index (χ1n) is 8.42. The highest BCUT2D eigenvalue weighted by Gasteiger charge is 2.31. The highest BCUT2D eigenvalue weighted by molar-refractivity contribution is 5.79. The van der Waals surface area contributed by atoms with E-state index in [9.17, 15) is 4.79 Å². The second kappa shape index (κ2) is 7.60. The molecule has 2 aromatic rings. The zero-order valence-corrected chi connectivity index (χ0v) is 14.0. The van der Waals surface area contributed by atoms with Crippen LogP contribution in [0.3, 0.4) is 0 Å². The molecule has 3 unspecified atom stereocenters. The monoisotopic (exact) mass is 324 g/mol. The van der Waals surface area contributed by atoms with E-state index in [1.165, 1.54) is 0 Å². The number of carbonyl (C=O) groups is 1. The molecule has 2 N–H and O–H groups in total. The van der Waals surface area contributed by atoms with E-state index in [0.717, 1.165) is 11.1 Å². The molecule has 0 radical (unpaired) electrons. The summed E-state index contributed by atoms with van der Waals surface area (Å²) >= 11 is 0. The van der Waals surface area contributed by atoms with Crippen LogP contribution in [0.15, 0.2) is 60.7 Å². The van der Waals surface area contributed by atoms with Crippen molar-refractivity contribution in [2.75, 3.05) is 19.7 Å². The van der Waals surface area contributed by atoms with Gasteiger partial charge >= 0.3 is 0 Å². The van der Waals surface area contributed by atoms with Crippen LogP contribution in [0.4, 0.5) is 0 Å². The van der Waals surface area contributed by atoms with Gasteiger partial charge in [-0.3, -0.25) is 4.79 Å². The van der Waals surface area contributed by atoms with Gasteiger partial charge in [-0.15, -0.1) is 0 Å². The highest BCUT2D eigenvalue weighted by atomic mass is 16.5.